The van der Waals surface area contributed by atoms with E-state index >= 15 is 0 Å². The van der Waals surface area contributed by atoms with Crippen LogP contribution in [0.2, 0.25) is 0 Å². The van der Waals surface area contributed by atoms with Crippen LogP contribution < -0.4 is 0 Å². The molecule has 1 amide bonds. The van der Waals surface area contributed by atoms with E-state index in [0.717, 1.165) is 46.4 Å². The molecule has 1 aliphatic heterocycles. The van der Waals surface area contributed by atoms with Crippen molar-refractivity contribution in [3.63, 3.8) is 0 Å². The number of aromatic amines is 1. The Bertz CT molecular complexity index is 1260. The lowest BCUT2D eigenvalue weighted by Crippen LogP contribution is -2.42. The fourth-order valence-corrected chi connectivity index (χ4v) is 4.51. The van der Waals surface area contributed by atoms with Gasteiger partial charge in [-0.1, -0.05) is 31.2 Å². The third-order valence-corrected chi connectivity index (χ3v) is 6.18. The van der Waals surface area contributed by atoms with Gasteiger partial charge in [0.05, 0.1) is 23.4 Å². The van der Waals surface area contributed by atoms with E-state index in [0.29, 0.717) is 18.2 Å². The highest BCUT2D eigenvalue weighted by Gasteiger charge is 2.41. The number of carbonyl (C=O) groups excluding carboxylic acids is 1. The van der Waals surface area contributed by atoms with Crippen LogP contribution in [-0.2, 0) is 0 Å². The van der Waals surface area contributed by atoms with Crippen LogP contribution in [0.15, 0.2) is 53.7 Å². The lowest BCUT2D eigenvalue weighted by molar-refractivity contribution is 0.0635. The van der Waals surface area contributed by atoms with Crippen molar-refractivity contribution in [3.05, 3.63) is 77.8 Å². The summed E-state index contributed by atoms with van der Waals surface area (Å²) in [5.41, 5.74) is 3.48. The minimum Gasteiger partial charge on any atom is -0.438 e. The van der Waals surface area contributed by atoms with Gasteiger partial charge in [-0.05, 0) is 24.3 Å². The third kappa shape index (κ3) is 2.65. The summed E-state index contributed by atoms with van der Waals surface area (Å²) in [6.45, 7) is 2.65. The molecule has 1 fully saturated rings. The van der Waals surface area contributed by atoms with Gasteiger partial charge >= 0.3 is 0 Å². The van der Waals surface area contributed by atoms with Gasteiger partial charge in [-0.2, -0.15) is 0 Å². The average molecular weight is 399 g/mol. The van der Waals surface area contributed by atoms with Gasteiger partial charge in [0.15, 0.2) is 6.39 Å². The number of amides is 1. The number of benzene rings is 1. The van der Waals surface area contributed by atoms with Crippen LogP contribution in [-0.4, -0.2) is 37.3 Å². The Morgan fingerprint density at radius 3 is 2.80 bits per heavy atom. The van der Waals surface area contributed by atoms with E-state index in [2.05, 4.69) is 34.0 Å². The second-order valence-corrected chi connectivity index (χ2v) is 8.26. The molecule has 6 rings (SSSR count). The fourth-order valence-electron chi connectivity index (χ4n) is 4.51. The molecule has 1 aliphatic carbocycles. The molecule has 150 valence electrons. The normalized spacial score (nSPS) is 21.0. The summed E-state index contributed by atoms with van der Waals surface area (Å²) in [7, 11) is 0. The summed E-state index contributed by atoms with van der Waals surface area (Å²) in [5.74, 6) is 0.683. The molecule has 7 heteroatoms. The number of pyridine rings is 1. The van der Waals surface area contributed by atoms with Crippen LogP contribution in [0, 0.1) is 0 Å². The number of carbonyl (C=O) groups is 1. The number of hydrogen-bond acceptors (Lipinski definition) is 5. The molecule has 4 heterocycles. The molecule has 0 spiro atoms. The lowest BCUT2D eigenvalue weighted by atomic mass is 9.92. The van der Waals surface area contributed by atoms with Gasteiger partial charge < -0.3 is 14.3 Å². The molecule has 2 aliphatic rings. The van der Waals surface area contributed by atoms with Crippen molar-refractivity contribution < 1.29 is 9.21 Å². The molecular weight excluding hydrogens is 378 g/mol. The monoisotopic (exact) mass is 399 g/mol. The van der Waals surface area contributed by atoms with Crippen LogP contribution >= 0.6 is 0 Å². The standard InChI is InChI=1S/C23H21N5O2/c1-13-10-28(23(29)22-19(14-6-7-14)27-12-30-22)21(20-18(13)25-11-26-20)17-8-15-4-2-3-5-16(15)9-24-17/h2-5,8-9,11-14,21H,6-7,10H2,1H3,(H,25,26)/t13-,21-/m0/s1. The molecule has 3 aromatic heterocycles. The molecule has 1 aromatic carbocycles. The van der Waals surface area contributed by atoms with Gasteiger partial charge in [0.2, 0.25) is 5.76 Å². The Kier molecular flexibility index (Phi) is 3.78. The number of rotatable bonds is 3. The minimum atomic E-state index is -0.378. The summed E-state index contributed by atoms with van der Waals surface area (Å²) >= 11 is 0. The molecule has 0 saturated heterocycles. The average Bonchev–Trinajstić information content (AvgIpc) is 3.28. The molecule has 0 unspecified atom stereocenters. The Morgan fingerprint density at radius 1 is 1.13 bits per heavy atom. The predicted octanol–water partition coefficient (Wildman–Crippen LogP) is 4.17. The van der Waals surface area contributed by atoms with E-state index in [4.69, 9.17) is 9.40 Å². The Hall–Kier alpha value is -3.48. The molecule has 7 nitrogen and oxygen atoms in total. The number of aromatic nitrogens is 4. The number of nitrogens with zero attached hydrogens (tertiary/aromatic N) is 4. The van der Waals surface area contributed by atoms with Crippen molar-refractivity contribution in [2.24, 2.45) is 0 Å². The maximum atomic E-state index is 13.7. The van der Waals surface area contributed by atoms with E-state index in [1.807, 2.05) is 29.3 Å². The van der Waals surface area contributed by atoms with Crippen LogP contribution in [0.1, 0.15) is 71.0 Å². The Balaban J connectivity index is 1.48. The number of H-pyrrole nitrogens is 1. The summed E-state index contributed by atoms with van der Waals surface area (Å²) in [5, 5.41) is 2.15. The fraction of sp³-hybridized carbons (Fsp3) is 0.304. The van der Waals surface area contributed by atoms with Crippen molar-refractivity contribution in [2.75, 3.05) is 6.54 Å². The van der Waals surface area contributed by atoms with E-state index in [1.54, 1.807) is 6.33 Å². The number of fused-ring (bicyclic) bond motifs is 2. The predicted molar refractivity (Wildman–Crippen MR) is 110 cm³/mol. The highest BCUT2D eigenvalue weighted by molar-refractivity contribution is 5.93. The Labute approximate surface area is 173 Å². The number of imidazole rings is 1. The zero-order chi connectivity index (χ0) is 20.2. The molecule has 0 radical (unpaired) electrons. The van der Waals surface area contributed by atoms with E-state index in [9.17, 15) is 4.79 Å². The molecule has 2 atom stereocenters. The second kappa shape index (κ2) is 6.52. The van der Waals surface area contributed by atoms with E-state index in [1.165, 1.54) is 6.39 Å². The third-order valence-electron chi connectivity index (χ3n) is 6.18. The van der Waals surface area contributed by atoms with Crippen molar-refractivity contribution in [2.45, 2.75) is 37.6 Å². The molecule has 30 heavy (non-hydrogen) atoms. The van der Waals surface area contributed by atoms with E-state index in [-0.39, 0.29) is 17.9 Å². The lowest BCUT2D eigenvalue weighted by Gasteiger charge is -2.37. The quantitative estimate of drug-likeness (QED) is 0.559. The number of hydrogen-bond donors (Lipinski definition) is 1. The highest BCUT2D eigenvalue weighted by Crippen LogP contribution is 2.43. The maximum Gasteiger partial charge on any atom is 0.292 e. The zero-order valence-electron chi connectivity index (χ0n) is 16.6. The Morgan fingerprint density at radius 2 is 1.97 bits per heavy atom. The minimum absolute atomic E-state index is 0.135. The first-order valence-corrected chi connectivity index (χ1v) is 10.3. The maximum absolute atomic E-state index is 13.7. The van der Waals surface area contributed by atoms with Crippen molar-refractivity contribution in [1.29, 1.82) is 0 Å². The highest BCUT2D eigenvalue weighted by atomic mass is 16.3. The SMILES string of the molecule is C[C@H]1CN(C(=O)c2ocnc2C2CC2)[C@@H](c2cc3ccccc3cn2)c2nc[nH]c21. The first kappa shape index (κ1) is 17.4. The smallest absolute Gasteiger partial charge is 0.292 e. The summed E-state index contributed by atoms with van der Waals surface area (Å²) in [4.78, 5) is 32.4. The summed E-state index contributed by atoms with van der Waals surface area (Å²) in [6.07, 6.45) is 7.07. The van der Waals surface area contributed by atoms with Crippen LogP contribution in [0.3, 0.4) is 0 Å². The van der Waals surface area contributed by atoms with Crippen LogP contribution in [0.25, 0.3) is 10.8 Å². The van der Waals surface area contributed by atoms with Gasteiger partial charge in [-0.3, -0.25) is 9.78 Å². The molecule has 1 N–H and O–H groups in total. The first-order chi connectivity index (χ1) is 14.7. The largest absolute Gasteiger partial charge is 0.438 e. The first-order valence-electron chi connectivity index (χ1n) is 10.3. The van der Waals surface area contributed by atoms with Crippen molar-refractivity contribution >= 4 is 16.7 Å². The topological polar surface area (TPSA) is 87.9 Å². The molecule has 4 aromatic rings. The van der Waals surface area contributed by atoms with Crippen molar-refractivity contribution in [1.82, 2.24) is 24.8 Å². The van der Waals surface area contributed by atoms with Gasteiger partial charge in [0.1, 0.15) is 6.04 Å². The molecular formula is C23H21N5O2. The van der Waals surface area contributed by atoms with E-state index < -0.39 is 0 Å². The van der Waals surface area contributed by atoms with Crippen molar-refractivity contribution in [3.8, 4) is 0 Å². The van der Waals surface area contributed by atoms with Crippen LogP contribution in [0.5, 0.6) is 0 Å². The molecule has 0 bridgehead atoms. The summed E-state index contributed by atoms with van der Waals surface area (Å²) < 4.78 is 5.59. The summed E-state index contributed by atoms with van der Waals surface area (Å²) in [6, 6.07) is 9.78. The second-order valence-electron chi connectivity index (χ2n) is 8.26. The van der Waals surface area contributed by atoms with Gasteiger partial charge in [0.25, 0.3) is 5.91 Å². The molecule has 1 saturated carbocycles. The van der Waals surface area contributed by atoms with Gasteiger partial charge in [0, 0.05) is 35.7 Å². The van der Waals surface area contributed by atoms with Crippen LogP contribution in [0.4, 0.5) is 0 Å². The number of nitrogens with one attached hydrogen (secondary N) is 1. The number of oxazole rings is 1. The zero-order valence-corrected chi connectivity index (χ0v) is 16.6. The van der Waals surface area contributed by atoms with Gasteiger partial charge in [-0.25, -0.2) is 9.97 Å². The van der Waals surface area contributed by atoms with Gasteiger partial charge in [-0.15, -0.1) is 0 Å².